The molecule has 1 rings (SSSR count). The molecule has 4 nitrogen and oxygen atoms in total. The molecule has 1 unspecified atom stereocenters. The van der Waals surface area contributed by atoms with Gasteiger partial charge >= 0.3 is 0 Å². The Morgan fingerprint density at radius 3 is 2.83 bits per heavy atom. The predicted octanol–water partition coefficient (Wildman–Crippen LogP) is 2.23. The van der Waals surface area contributed by atoms with Gasteiger partial charge in [-0.15, -0.1) is 0 Å². The average Bonchev–Trinajstić information content (AvgIpc) is 2.30. The van der Waals surface area contributed by atoms with Crippen LogP contribution in [-0.2, 0) is 0 Å². The van der Waals surface area contributed by atoms with E-state index in [4.69, 9.17) is 23.2 Å². The molecule has 7 heteroatoms. The molecular weight excluding hydrogens is 295 g/mol. The van der Waals surface area contributed by atoms with Crippen molar-refractivity contribution in [2.24, 2.45) is 0 Å². The van der Waals surface area contributed by atoms with Crippen LogP contribution in [0.1, 0.15) is 17.3 Å². The lowest BCUT2D eigenvalue weighted by atomic mass is 10.1. The SMILES string of the molecule is CSCC(C)(O)CNC(=O)c1cnc(Cl)c(Cl)c1. The van der Waals surface area contributed by atoms with Crippen LogP contribution in [-0.4, -0.2) is 40.2 Å². The van der Waals surface area contributed by atoms with Crippen molar-refractivity contribution in [1.82, 2.24) is 10.3 Å². The van der Waals surface area contributed by atoms with Gasteiger partial charge < -0.3 is 10.4 Å². The zero-order valence-electron chi connectivity index (χ0n) is 10.0. The molecule has 18 heavy (non-hydrogen) atoms. The van der Waals surface area contributed by atoms with Gasteiger partial charge in [-0.1, -0.05) is 23.2 Å². The fraction of sp³-hybridized carbons (Fsp3) is 0.455. The number of rotatable bonds is 5. The number of nitrogens with zero attached hydrogens (tertiary/aromatic N) is 1. The van der Waals surface area contributed by atoms with E-state index in [0.29, 0.717) is 11.3 Å². The third-order valence-corrected chi connectivity index (χ3v) is 3.74. The molecule has 1 aromatic rings. The van der Waals surface area contributed by atoms with E-state index in [0.717, 1.165) is 0 Å². The van der Waals surface area contributed by atoms with Gasteiger partial charge in [0.2, 0.25) is 0 Å². The first kappa shape index (κ1) is 15.6. The molecule has 0 aliphatic carbocycles. The van der Waals surface area contributed by atoms with Crippen LogP contribution in [0.5, 0.6) is 0 Å². The van der Waals surface area contributed by atoms with E-state index in [1.807, 2.05) is 6.26 Å². The fourth-order valence-electron chi connectivity index (χ4n) is 1.28. The number of amides is 1. The Hall–Kier alpha value is -0.490. The van der Waals surface area contributed by atoms with Crippen LogP contribution in [0.15, 0.2) is 12.3 Å². The molecule has 0 radical (unpaired) electrons. The van der Waals surface area contributed by atoms with Gasteiger partial charge in [0, 0.05) is 18.5 Å². The molecule has 1 heterocycles. The van der Waals surface area contributed by atoms with E-state index in [1.54, 1.807) is 6.92 Å². The average molecular weight is 309 g/mol. The number of thioether (sulfide) groups is 1. The number of aliphatic hydroxyl groups is 1. The van der Waals surface area contributed by atoms with Crippen molar-refractivity contribution in [2.45, 2.75) is 12.5 Å². The van der Waals surface area contributed by atoms with Gasteiger partial charge in [-0.2, -0.15) is 11.8 Å². The van der Waals surface area contributed by atoms with Crippen LogP contribution in [0, 0.1) is 0 Å². The summed E-state index contributed by atoms with van der Waals surface area (Å²) in [6.45, 7) is 1.82. The molecule has 1 amide bonds. The molecule has 0 saturated carbocycles. The topological polar surface area (TPSA) is 62.2 Å². The Balaban J connectivity index is 2.63. The van der Waals surface area contributed by atoms with Crippen molar-refractivity contribution in [1.29, 1.82) is 0 Å². The van der Waals surface area contributed by atoms with Crippen molar-refractivity contribution in [2.75, 3.05) is 18.6 Å². The maximum Gasteiger partial charge on any atom is 0.253 e. The van der Waals surface area contributed by atoms with Gasteiger partial charge in [0.1, 0.15) is 5.15 Å². The van der Waals surface area contributed by atoms with Crippen LogP contribution in [0.3, 0.4) is 0 Å². The van der Waals surface area contributed by atoms with E-state index >= 15 is 0 Å². The zero-order valence-corrected chi connectivity index (χ0v) is 12.4. The molecule has 2 N–H and O–H groups in total. The predicted molar refractivity (Wildman–Crippen MR) is 75.6 cm³/mol. The number of aromatic nitrogens is 1. The number of halogens is 2. The zero-order chi connectivity index (χ0) is 13.8. The Labute approximate surface area is 120 Å². The van der Waals surface area contributed by atoms with Crippen molar-refractivity contribution < 1.29 is 9.90 Å². The second-order valence-electron chi connectivity index (χ2n) is 4.11. The molecule has 100 valence electrons. The fourth-order valence-corrected chi connectivity index (χ4v) is 2.27. The van der Waals surface area contributed by atoms with Crippen LogP contribution in [0.4, 0.5) is 0 Å². The van der Waals surface area contributed by atoms with Crippen molar-refractivity contribution in [3.05, 3.63) is 28.0 Å². The Bertz CT molecular complexity index is 441. The lowest BCUT2D eigenvalue weighted by Gasteiger charge is -2.22. The molecule has 0 spiro atoms. The van der Waals surface area contributed by atoms with E-state index in [1.165, 1.54) is 24.0 Å². The van der Waals surface area contributed by atoms with Crippen molar-refractivity contribution in [3.8, 4) is 0 Å². The standard InChI is InChI=1S/C11H14Cl2N2O2S/c1-11(17,6-18-2)5-15-10(16)7-3-8(12)9(13)14-4-7/h3-4,17H,5-6H2,1-2H3,(H,15,16). The largest absolute Gasteiger partial charge is 0.387 e. The highest BCUT2D eigenvalue weighted by atomic mass is 35.5. The lowest BCUT2D eigenvalue weighted by molar-refractivity contribution is 0.0725. The van der Waals surface area contributed by atoms with Crippen molar-refractivity contribution in [3.63, 3.8) is 0 Å². The van der Waals surface area contributed by atoms with Crippen molar-refractivity contribution >= 4 is 40.9 Å². The van der Waals surface area contributed by atoms with E-state index in [-0.39, 0.29) is 22.6 Å². The summed E-state index contributed by atoms with van der Waals surface area (Å²) in [4.78, 5) is 15.6. The summed E-state index contributed by atoms with van der Waals surface area (Å²) in [5.74, 6) is 0.190. The van der Waals surface area contributed by atoms with Gasteiger partial charge in [-0.05, 0) is 19.2 Å². The summed E-state index contributed by atoms with van der Waals surface area (Å²) < 4.78 is 0. The van der Waals surface area contributed by atoms with Crippen LogP contribution in [0.25, 0.3) is 0 Å². The Kier molecular flexibility index (Phi) is 5.72. The van der Waals surface area contributed by atoms with E-state index in [9.17, 15) is 9.90 Å². The molecular formula is C11H14Cl2N2O2S. The summed E-state index contributed by atoms with van der Waals surface area (Å²) in [5.41, 5.74) is -0.636. The third kappa shape index (κ3) is 4.65. The number of carbonyl (C=O) groups is 1. The minimum atomic E-state index is -0.946. The molecule has 0 aromatic carbocycles. The molecule has 0 aliphatic heterocycles. The smallest absolute Gasteiger partial charge is 0.253 e. The summed E-state index contributed by atoms with van der Waals surface area (Å²) >= 11 is 12.9. The number of nitrogens with one attached hydrogen (secondary N) is 1. The second-order valence-corrected chi connectivity index (χ2v) is 5.74. The summed E-state index contributed by atoms with van der Waals surface area (Å²) in [6.07, 6.45) is 3.23. The Morgan fingerprint density at radius 2 is 2.28 bits per heavy atom. The molecule has 1 atom stereocenters. The molecule has 0 aliphatic rings. The molecule has 0 saturated heterocycles. The number of hydrogen-bond acceptors (Lipinski definition) is 4. The molecule has 0 bridgehead atoms. The molecule has 0 fully saturated rings. The molecule has 1 aromatic heterocycles. The maximum atomic E-state index is 11.8. The lowest BCUT2D eigenvalue weighted by Crippen LogP contribution is -2.42. The highest BCUT2D eigenvalue weighted by Crippen LogP contribution is 2.19. The monoisotopic (exact) mass is 308 g/mol. The highest BCUT2D eigenvalue weighted by molar-refractivity contribution is 7.98. The third-order valence-electron chi connectivity index (χ3n) is 2.14. The van der Waals surface area contributed by atoms with Crippen LogP contribution in [0.2, 0.25) is 10.2 Å². The highest BCUT2D eigenvalue weighted by Gasteiger charge is 2.21. The summed E-state index contributed by atoms with van der Waals surface area (Å²) in [6, 6.07) is 1.44. The number of hydrogen-bond donors (Lipinski definition) is 2. The van der Waals surface area contributed by atoms with E-state index < -0.39 is 5.60 Å². The Morgan fingerprint density at radius 1 is 1.61 bits per heavy atom. The first-order valence-electron chi connectivity index (χ1n) is 5.16. The normalized spacial score (nSPS) is 14.1. The van der Waals surface area contributed by atoms with Gasteiger partial charge in [-0.3, -0.25) is 4.79 Å². The summed E-state index contributed by atoms with van der Waals surface area (Å²) in [5, 5.41) is 12.9. The number of pyridine rings is 1. The van der Waals surface area contributed by atoms with Gasteiger partial charge in [0.05, 0.1) is 16.2 Å². The van der Waals surface area contributed by atoms with E-state index in [2.05, 4.69) is 10.3 Å². The number of carbonyl (C=O) groups excluding carboxylic acids is 1. The quantitative estimate of drug-likeness (QED) is 0.819. The first-order valence-corrected chi connectivity index (χ1v) is 7.31. The van der Waals surface area contributed by atoms with Crippen LogP contribution < -0.4 is 5.32 Å². The first-order chi connectivity index (χ1) is 8.35. The van der Waals surface area contributed by atoms with Gasteiger partial charge in [0.15, 0.2) is 0 Å². The minimum Gasteiger partial charge on any atom is -0.387 e. The maximum absolute atomic E-state index is 11.8. The second kappa shape index (κ2) is 6.61. The minimum absolute atomic E-state index is 0.155. The summed E-state index contributed by atoms with van der Waals surface area (Å²) in [7, 11) is 0. The van der Waals surface area contributed by atoms with Gasteiger partial charge in [0.25, 0.3) is 5.91 Å². The van der Waals surface area contributed by atoms with Crippen LogP contribution >= 0.6 is 35.0 Å². The van der Waals surface area contributed by atoms with Gasteiger partial charge in [-0.25, -0.2) is 4.98 Å².